The number of para-hydroxylation sites is 1. The second-order valence-electron chi connectivity index (χ2n) is 8.51. The average Bonchev–Trinajstić information content (AvgIpc) is 3.47. The quantitative estimate of drug-likeness (QED) is 0.167. The van der Waals surface area contributed by atoms with E-state index in [0.29, 0.717) is 33.4 Å². The predicted octanol–water partition coefficient (Wildman–Crippen LogP) is 6.02. The van der Waals surface area contributed by atoms with Crippen LogP contribution in [0.25, 0.3) is 11.8 Å². The molecule has 5 rings (SSSR count). The van der Waals surface area contributed by atoms with Crippen LogP contribution in [-0.4, -0.2) is 32.0 Å². The van der Waals surface area contributed by atoms with Gasteiger partial charge in [0.15, 0.2) is 5.82 Å². The third-order valence-electron chi connectivity index (χ3n) is 5.73. The highest BCUT2D eigenvalue weighted by atomic mass is 35.5. The number of hydrogen-bond donors (Lipinski definition) is 2. The number of tetrazole rings is 1. The van der Waals surface area contributed by atoms with Crippen LogP contribution in [0.2, 0.25) is 5.02 Å². The summed E-state index contributed by atoms with van der Waals surface area (Å²) in [5.74, 6) is 0.317. The standard InChI is InChI=1S/C30H23ClN6O2S/c31-26-17-8-7-12-22(26)18-27(33-29(38)21-10-3-1-4-11-21)30(39)32-23-13-9-16-25(19-23)40-20-28-34-35-36-37(28)24-14-5-2-6-15-24/h1-19H,20H2,(H,32,39)(H,33,38)/b27-18-. The minimum Gasteiger partial charge on any atom is -0.321 e. The van der Waals surface area contributed by atoms with E-state index in [4.69, 9.17) is 11.6 Å². The lowest BCUT2D eigenvalue weighted by molar-refractivity contribution is -0.113. The zero-order valence-electron chi connectivity index (χ0n) is 21.1. The number of carbonyl (C=O) groups excluding carboxylic acids is 2. The lowest BCUT2D eigenvalue weighted by Crippen LogP contribution is -2.30. The number of hydrogen-bond acceptors (Lipinski definition) is 6. The predicted molar refractivity (Wildman–Crippen MR) is 157 cm³/mol. The fraction of sp³-hybridized carbons (Fsp3) is 0.0333. The summed E-state index contributed by atoms with van der Waals surface area (Å²) in [6.07, 6.45) is 1.56. The molecule has 10 heteroatoms. The largest absolute Gasteiger partial charge is 0.321 e. The Bertz CT molecular complexity index is 1660. The third kappa shape index (κ3) is 6.82. The first kappa shape index (κ1) is 26.9. The van der Waals surface area contributed by atoms with E-state index in [1.807, 2.05) is 54.6 Å². The summed E-state index contributed by atoms with van der Waals surface area (Å²) >= 11 is 7.86. The van der Waals surface area contributed by atoms with Gasteiger partial charge in [0.25, 0.3) is 11.8 Å². The first-order valence-corrected chi connectivity index (χ1v) is 13.6. The first-order chi connectivity index (χ1) is 19.6. The van der Waals surface area contributed by atoms with Crippen LogP contribution < -0.4 is 10.6 Å². The van der Waals surface area contributed by atoms with E-state index in [1.165, 1.54) is 11.8 Å². The maximum Gasteiger partial charge on any atom is 0.272 e. The van der Waals surface area contributed by atoms with Gasteiger partial charge in [0.1, 0.15) is 5.70 Å². The van der Waals surface area contributed by atoms with Crippen molar-refractivity contribution in [1.29, 1.82) is 0 Å². The van der Waals surface area contributed by atoms with Gasteiger partial charge in [0, 0.05) is 21.2 Å². The second-order valence-corrected chi connectivity index (χ2v) is 9.97. The van der Waals surface area contributed by atoms with Crippen LogP contribution in [0.4, 0.5) is 5.69 Å². The molecule has 40 heavy (non-hydrogen) atoms. The SMILES string of the molecule is O=C(Nc1cccc(SCc2nnnn2-c2ccccc2)c1)/C(=C/c1ccccc1Cl)NC(=O)c1ccccc1. The zero-order valence-corrected chi connectivity index (χ0v) is 22.6. The van der Waals surface area contributed by atoms with Gasteiger partial charge in [-0.2, -0.15) is 4.68 Å². The summed E-state index contributed by atoms with van der Waals surface area (Å²) in [5, 5.41) is 18.1. The molecule has 0 saturated carbocycles. The van der Waals surface area contributed by atoms with Crippen molar-refractivity contribution in [2.75, 3.05) is 5.32 Å². The molecule has 8 nitrogen and oxygen atoms in total. The molecule has 0 aliphatic rings. The molecule has 0 aliphatic heterocycles. The van der Waals surface area contributed by atoms with Crippen molar-refractivity contribution in [3.8, 4) is 5.69 Å². The maximum atomic E-state index is 13.4. The Morgan fingerprint density at radius 2 is 1.60 bits per heavy atom. The average molecular weight is 567 g/mol. The second kappa shape index (κ2) is 12.9. The van der Waals surface area contributed by atoms with Crippen molar-refractivity contribution >= 4 is 46.9 Å². The van der Waals surface area contributed by atoms with Crippen LogP contribution in [0.1, 0.15) is 21.7 Å². The summed E-state index contributed by atoms with van der Waals surface area (Å²) in [7, 11) is 0. The Morgan fingerprint density at radius 1 is 0.875 bits per heavy atom. The summed E-state index contributed by atoms with van der Waals surface area (Å²) < 4.78 is 1.69. The normalized spacial score (nSPS) is 11.2. The van der Waals surface area contributed by atoms with Crippen LogP contribution in [0, 0.1) is 0 Å². The molecule has 2 N–H and O–H groups in total. The molecular weight excluding hydrogens is 544 g/mol. The third-order valence-corrected chi connectivity index (χ3v) is 7.06. The number of carbonyl (C=O) groups is 2. The Kier molecular flexibility index (Phi) is 8.65. The Hall–Kier alpha value is -4.73. The molecule has 0 aliphatic carbocycles. The molecule has 1 aromatic heterocycles. The first-order valence-electron chi connectivity index (χ1n) is 12.3. The molecule has 0 fully saturated rings. The number of aromatic nitrogens is 4. The molecule has 0 unspecified atom stereocenters. The van der Waals surface area contributed by atoms with E-state index < -0.39 is 11.8 Å². The molecule has 0 atom stereocenters. The lowest BCUT2D eigenvalue weighted by atomic mass is 10.1. The minimum atomic E-state index is -0.487. The number of nitrogens with zero attached hydrogens (tertiary/aromatic N) is 4. The Balaban J connectivity index is 1.32. The van der Waals surface area contributed by atoms with Gasteiger partial charge in [-0.25, -0.2) is 0 Å². The van der Waals surface area contributed by atoms with Crippen molar-refractivity contribution in [1.82, 2.24) is 25.5 Å². The maximum absolute atomic E-state index is 13.4. The van der Waals surface area contributed by atoms with Crippen molar-refractivity contribution in [2.24, 2.45) is 0 Å². The summed E-state index contributed by atoms with van der Waals surface area (Å²) in [6.45, 7) is 0. The molecule has 1 heterocycles. The minimum absolute atomic E-state index is 0.0575. The van der Waals surface area contributed by atoms with E-state index in [0.717, 1.165) is 10.6 Å². The highest BCUT2D eigenvalue weighted by Gasteiger charge is 2.16. The molecule has 2 amide bonds. The van der Waals surface area contributed by atoms with E-state index >= 15 is 0 Å². The van der Waals surface area contributed by atoms with Crippen molar-refractivity contribution in [3.63, 3.8) is 0 Å². The number of amides is 2. The summed E-state index contributed by atoms with van der Waals surface area (Å²) in [6, 6.07) is 32.9. The number of halogens is 1. The van der Waals surface area contributed by atoms with Crippen LogP contribution in [0.3, 0.4) is 0 Å². The van der Waals surface area contributed by atoms with Gasteiger partial charge < -0.3 is 10.6 Å². The van der Waals surface area contributed by atoms with E-state index in [2.05, 4.69) is 26.2 Å². The molecule has 5 aromatic rings. The van der Waals surface area contributed by atoms with E-state index in [1.54, 1.807) is 65.4 Å². The number of thioether (sulfide) groups is 1. The molecule has 0 radical (unpaired) electrons. The van der Waals surface area contributed by atoms with Gasteiger partial charge in [0.05, 0.1) is 11.4 Å². The molecule has 4 aromatic carbocycles. The Morgan fingerprint density at radius 3 is 2.38 bits per heavy atom. The number of nitrogens with one attached hydrogen (secondary N) is 2. The fourth-order valence-corrected chi connectivity index (χ4v) is 4.82. The van der Waals surface area contributed by atoms with Crippen molar-refractivity contribution in [3.05, 3.63) is 137 Å². The highest BCUT2D eigenvalue weighted by Crippen LogP contribution is 2.26. The monoisotopic (exact) mass is 566 g/mol. The van der Waals surface area contributed by atoms with Crippen LogP contribution in [-0.2, 0) is 10.5 Å². The topological polar surface area (TPSA) is 102 Å². The van der Waals surface area contributed by atoms with E-state index in [-0.39, 0.29) is 5.70 Å². The number of rotatable bonds is 9. The molecule has 198 valence electrons. The lowest BCUT2D eigenvalue weighted by Gasteiger charge is -2.12. The summed E-state index contributed by atoms with van der Waals surface area (Å²) in [4.78, 5) is 27.2. The smallest absolute Gasteiger partial charge is 0.272 e. The van der Waals surface area contributed by atoms with Crippen LogP contribution in [0.15, 0.2) is 120 Å². The fourth-order valence-electron chi connectivity index (χ4n) is 3.77. The van der Waals surface area contributed by atoms with Gasteiger partial charge in [-0.3, -0.25) is 9.59 Å². The molecular formula is C30H23ClN6O2S. The number of benzene rings is 4. The van der Waals surface area contributed by atoms with Crippen LogP contribution >= 0.6 is 23.4 Å². The van der Waals surface area contributed by atoms with Gasteiger partial charge in [-0.1, -0.05) is 72.3 Å². The summed E-state index contributed by atoms with van der Waals surface area (Å²) in [5.41, 5.74) is 2.53. The van der Waals surface area contributed by atoms with Crippen molar-refractivity contribution in [2.45, 2.75) is 10.6 Å². The van der Waals surface area contributed by atoms with Crippen molar-refractivity contribution < 1.29 is 9.59 Å². The molecule has 0 bridgehead atoms. The Labute approximate surface area is 240 Å². The van der Waals surface area contributed by atoms with E-state index in [9.17, 15) is 9.59 Å². The molecule has 0 spiro atoms. The van der Waals surface area contributed by atoms with Gasteiger partial charge in [0.2, 0.25) is 0 Å². The highest BCUT2D eigenvalue weighted by molar-refractivity contribution is 7.98. The number of anilines is 1. The van der Waals surface area contributed by atoms with Gasteiger partial charge in [-0.05, 0) is 70.6 Å². The zero-order chi connectivity index (χ0) is 27.7. The molecule has 0 saturated heterocycles. The van der Waals surface area contributed by atoms with Gasteiger partial charge >= 0.3 is 0 Å². The van der Waals surface area contributed by atoms with Crippen LogP contribution in [0.5, 0.6) is 0 Å². The van der Waals surface area contributed by atoms with Gasteiger partial charge in [-0.15, -0.1) is 16.9 Å².